The molecular weight excluding hydrogens is 398 g/mol. The number of ether oxygens (including phenoxy) is 1. The highest BCUT2D eigenvalue weighted by Gasteiger charge is 2.19. The second-order valence-electron chi connectivity index (χ2n) is 7.29. The number of morpholine rings is 1. The van der Waals surface area contributed by atoms with Crippen molar-refractivity contribution in [2.45, 2.75) is 11.8 Å². The molecule has 1 aromatic carbocycles. The Labute approximate surface area is 182 Å². The topological polar surface area (TPSA) is 74.4 Å². The van der Waals surface area contributed by atoms with Crippen LogP contribution in [0.25, 0.3) is 28.4 Å². The molecular formula is C22H27N5O2S. The molecule has 0 saturated carbocycles. The number of carbonyl (C=O) groups is 1. The number of anilines is 1. The van der Waals surface area contributed by atoms with Crippen molar-refractivity contribution in [2.75, 3.05) is 44.8 Å². The maximum absolute atomic E-state index is 11.5. The number of aromatic nitrogens is 3. The molecule has 4 rings (SSSR count). The molecule has 1 N–H and O–H groups in total. The number of nitrogens with zero attached hydrogens (tertiary/aromatic N) is 4. The highest BCUT2D eigenvalue weighted by molar-refractivity contribution is 7.80. The van der Waals surface area contributed by atoms with Gasteiger partial charge in [-0.3, -0.25) is 4.79 Å². The van der Waals surface area contributed by atoms with Crippen molar-refractivity contribution in [1.29, 1.82) is 0 Å². The van der Waals surface area contributed by atoms with E-state index in [-0.39, 0.29) is 7.33 Å². The summed E-state index contributed by atoms with van der Waals surface area (Å²) < 4.78 is 5.49. The number of thiol groups is 1. The molecule has 8 heteroatoms. The monoisotopic (exact) mass is 425 g/mol. The number of fused-ring (bicyclic) bond motifs is 1. The smallest absolute Gasteiger partial charge is 0.219 e. The zero-order valence-electron chi connectivity index (χ0n) is 17.1. The molecule has 0 unspecified atom stereocenters. The highest BCUT2D eigenvalue weighted by Crippen LogP contribution is 2.30. The fourth-order valence-electron chi connectivity index (χ4n) is 3.34. The number of amides is 1. The number of carbonyl (C=O) groups excluding carboxylic acids is 1. The molecule has 7 nitrogen and oxygen atoms in total. The summed E-state index contributed by atoms with van der Waals surface area (Å²) in [6.45, 7) is 4.90. The number of rotatable bonds is 5. The Kier molecular flexibility index (Phi) is 6.06. The predicted octanol–water partition coefficient (Wildman–Crippen LogP) is 3.49. The van der Waals surface area contributed by atoms with E-state index >= 15 is 0 Å². The van der Waals surface area contributed by atoms with Crippen LogP contribution in [0.2, 0.25) is 0 Å². The molecule has 3 aromatic rings. The third kappa shape index (κ3) is 4.34. The van der Waals surface area contributed by atoms with Crippen LogP contribution in [0.15, 0.2) is 41.4 Å². The van der Waals surface area contributed by atoms with Crippen LogP contribution in [0, 0.1) is 0 Å². The Hall–Kier alpha value is -2.84. The van der Waals surface area contributed by atoms with Gasteiger partial charge in [0.1, 0.15) is 5.82 Å². The van der Waals surface area contributed by atoms with Crippen LogP contribution < -0.4 is 4.90 Å². The number of likely N-dealkylation sites (N-methyl/N-ethyl adjacent to an activating group) is 1. The van der Waals surface area contributed by atoms with Gasteiger partial charge in [0.05, 0.1) is 23.8 Å². The quantitative estimate of drug-likeness (QED) is 0.612. The molecule has 0 radical (unpaired) electrons. The molecule has 1 saturated heterocycles. The molecule has 158 valence electrons. The van der Waals surface area contributed by atoms with Gasteiger partial charge in [-0.15, -0.1) is 12.6 Å². The van der Waals surface area contributed by atoms with Gasteiger partial charge in [-0.05, 0) is 30.3 Å². The van der Waals surface area contributed by atoms with Gasteiger partial charge in [0.25, 0.3) is 0 Å². The number of hydrogen-bond donors (Lipinski definition) is 2. The Morgan fingerprint density at radius 2 is 2.13 bits per heavy atom. The van der Waals surface area contributed by atoms with E-state index < -0.39 is 0 Å². The maximum Gasteiger partial charge on any atom is 0.219 e. The molecule has 1 amide bonds. The van der Waals surface area contributed by atoms with E-state index in [1.165, 1.54) is 0 Å². The van der Waals surface area contributed by atoms with Crippen LogP contribution in [0.3, 0.4) is 0 Å². The van der Waals surface area contributed by atoms with Gasteiger partial charge in [0, 0.05) is 57.7 Å². The van der Waals surface area contributed by atoms with Crippen LogP contribution in [0.1, 0.15) is 14.0 Å². The van der Waals surface area contributed by atoms with Crippen molar-refractivity contribution in [3.8, 4) is 11.4 Å². The van der Waals surface area contributed by atoms with Crippen LogP contribution in [-0.4, -0.2) is 65.7 Å². The van der Waals surface area contributed by atoms with Crippen molar-refractivity contribution in [1.82, 2.24) is 19.9 Å². The van der Waals surface area contributed by atoms with Crippen molar-refractivity contribution in [3.63, 3.8) is 0 Å². The van der Waals surface area contributed by atoms with E-state index in [0.717, 1.165) is 46.0 Å². The van der Waals surface area contributed by atoms with Gasteiger partial charge < -0.3 is 19.5 Å². The standard InChI is InChI=1S/C22H25N5O2S.H2/c1-15(28)26(2)9-3-4-19-20(30)22(27-10-12-29-13-11-27)25-21(24-19)17-5-6-18-16(14-17)7-8-23-18;/h3-8,14,23,30H,9-13H2,1-2H3;1H/b4-3+;. The van der Waals surface area contributed by atoms with E-state index in [1.54, 1.807) is 18.9 Å². The summed E-state index contributed by atoms with van der Waals surface area (Å²) in [7, 11) is 1.77. The minimum atomic E-state index is 0. The van der Waals surface area contributed by atoms with Gasteiger partial charge >= 0.3 is 0 Å². The maximum atomic E-state index is 11.5. The van der Waals surface area contributed by atoms with E-state index in [1.807, 2.05) is 36.5 Å². The summed E-state index contributed by atoms with van der Waals surface area (Å²) in [5, 5.41) is 1.11. The molecule has 0 bridgehead atoms. The molecule has 1 aliphatic heterocycles. The summed E-state index contributed by atoms with van der Waals surface area (Å²) >= 11 is 4.75. The Morgan fingerprint density at radius 3 is 2.90 bits per heavy atom. The second kappa shape index (κ2) is 8.89. The molecule has 0 atom stereocenters. The first-order valence-electron chi connectivity index (χ1n) is 9.92. The first kappa shape index (κ1) is 20.4. The largest absolute Gasteiger partial charge is 0.378 e. The molecule has 0 spiro atoms. The molecule has 3 heterocycles. The van der Waals surface area contributed by atoms with Gasteiger partial charge in [-0.2, -0.15) is 0 Å². The fraction of sp³-hybridized carbons (Fsp3) is 0.318. The molecule has 30 heavy (non-hydrogen) atoms. The average molecular weight is 426 g/mol. The van der Waals surface area contributed by atoms with E-state index in [4.69, 9.17) is 27.3 Å². The normalized spacial score (nSPS) is 14.6. The number of benzene rings is 1. The van der Waals surface area contributed by atoms with Crippen molar-refractivity contribution in [2.24, 2.45) is 0 Å². The minimum absolute atomic E-state index is 0. The molecule has 1 aliphatic rings. The van der Waals surface area contributed by atoms with E-state index in [9.17, 15) is 4.79 Å². The van der Waals surface area contributed by atoms with Gasteiger partial charge in [-0.1, -0.05) is 6.08 Å². The Morgan fingerprint density at radius 1 is 1.33 bits per heavy atom. The zero-order valence-corrected chi connectivity index (χ0v) is 18.0. The number of nitrogens with one attached hydrogen (secondary N) is 1. The van der Waals surface area contributed by atoms with E-state index in [0.29, 0.717) is 25.6 Å². The lowest BCUT2D eigenvalue weighted by atomic mass is 10.1. The van der Waals surface area contributed by atoms with Crippen LogP contribution in [-0.2, 0) is 9.53 Å². The SMILES string of the molecule is CC(=O)N(C)C/C=C/c1nc(-c2ccc3[nH]ccc3c2)nc(N2CCOCC2)c1S.[HH]. The van der Waals surface area contributed by atoms with Crippen molar-refractivity contribution in [3.05, 3.63) is 42.2 Å². The number of aromatic amines is 1. The van der Waals surface area contributed by atoms with Gasteiger partial charge in [0.2, 0.25) is 5.91 Å². The fourth-order valence-corrected chi connectivity index (χ4v) is 3.66. The molecule has 1 fully saturated rings. The Balaban J connectivity index is 0.00000272. The summed E-state index contributed by atoms with van der Waals surface area (Å²) in [6.07, 6.45) is 5.75. The van der Waals surface area contributed by atoms with Crippen LogP contribution in [0.5, 0.6) is 0 Å². The van der Waals surface area contributed by atoms with Crippen LogP contribution in [0.4, 0.5) is 5.82 Å². The first-order chi connectivity index (χ1) is 14.5. The summed E-state index contributed by atoms with van der Waals surface area (Å²) in [4.78, 5) is 28.9. The van der Waals surface area contributed by atoms with Crippen LogP contribution >= 0.6 is 12.6 Å². The lowest BCUT2D eigenvalue weighted by Gasteiger charge is -2.29. The summed E-state index contributed by atoms with van der Waals surface area (Å²) in [5.41, 5.74) is 2.75. The third-order valence-corrected chi connectivity index (χ3v) is 5.64. The van der Waals surface area contributed by atoms with E-state index in [2.05, 4.69) is 16.0 Å². The molecule has 2 aromatic heterocycles. The number of H-pyrrole nitrogens is 1. The van der Waals surface area contributed by atoms with Gasteiger partial charge in [0.15, 0.2) is 5.82 Å². The lowest BCUT2D eigenvalue weighted by molar-refractivity contribution is -0.127. The average Bonchev–Trinajstić information content (AvgIpc) is 3.23. The predicted molar refractivity (Wildman–Crippen MR) is 124 cm³/mol. The number of hydrogen-bond acceptors (Lipinski definition) is 6. The Bertz CT molecular complexity index is 1090. The summed E-state index contributed by atoms with van der Waals surface area (Å²) in [5.74, 6) is 1.47. The zero-order chi connectivity index (χ0) is 21.1. The first-order valence-corrected chi connectivity index (χ1v) is 10.4. The van der Waals surface area contributed by atoms with Crippen molar-refractivity contribution >= 4 is 41.3 Å². The molecule has 0 aliphatic carbocycles. The minimum Gasteiger partial charge on any atom is -0.378 e. The third-order valence-electron chi connectivity index (χ3n) is 5.21. The lowest BCUT2D eigenvalue weighted by Crippen LogP contribution is -2.37. The van der Waals surface area contributed by atoms with Crippen molar-refractivity contribution < 1.29 is 11.0 Å². The second-order valence-corrected chi connectivity index (χ2v) is 7.73. The summed E-state index contributed by atoms with van der Waals surface area (Å²) in [6, 6.07) is 8.17. The van der Waals surface area contributed by atoms with Gasteiger partial charge in [-0.25, -0.2) is 9.97 Å². The highest BCUT2D eigenvalue weighted by atomic mass is 32.1.